The first kappa shape index (κ1) is 10.5. The first-order chi connectivity index (χ1) is 5.12. The van der Waals surface area contributed by atoms with Gasteiger partial charge in [-0.2, -0.15) is 0 Å². The molecule has 11 heavy (non-hydrogen) atoms. The van der Waals surface area contributed by atoms with E-state index in [0.29, 0.717) is 5.41 Å². The van der Waals surface area contributed by atoms with E-state index in [4.69, 9.17) is 0 Å². The lowest BCUT2D eigenvalue weighted by Crippen LogP contribution is -2.06. The quantitative estimate of drug-likeness (QED) is 0.535. The number of hydrogen-bond acceptors (Lipinski definition) is 0. The third kappa shape index (κ3) is 5.94. The third-order valence-corrected chi connectivity index (χ3v) is 2.05. The molecule has 0 rings (SSSR count). The first-order valence-corrected chi connectivity index (χ1v) is 4.52. The minimum absolute atomic E-state index is 0.453. The molecule has 0 saturated carbocycles. The van der Waals surface area contributed by atoms with Crippen molar-refractivity contribution < 1.29 is 0 Å². The van der Waals surface area contributed by atoms with Crippen LogP contribution in [0.1, 0.15) is 47.0 Å². The second kappa shape index (κ2) is 5.21. The fraction of sp³-hybridized carbons (Fsp3) is 0.727. The highest BCUT2D eigenvalue weighted by molar-refractivity contribution is 4.87. The lowest BCUT2D eigenvalue weighted by Gasteiger charge is -2.19. The van der Waals surface area contributed by atoms with Gasteiger partial charge in [0, 0.05) is 0 Å². The molecule has 0 amide bonds. The molecule has 0 fully saturated rings. The van der Waals surface area contributed by atoms with Crippen molar-refractivity contribution >= 4 is 0 Å². The van der Waals surface area contributed by atoms with Crippen molar-refractivity contribution in [3.8, 4) is 0 Å². The highest BCUT2D eigenvalue weighted by atomic mass is 14.2. The van der Waals surface area contributed by atoms with Crippen LogP contribution in [0.5, 0.6) is 0 Å². The van der Waals surface area contributed by atoms with E-state index in [1.54, 1.807) is 0 Å². The minimum atomic E-state index is 0.453. The van der Waals surface area contributed by atoms with Gasteiger partial charge in [0.25, 0.3) is 0 Å². The summed E-state index contributed by atoms with van der Waals surface area (Å²) in [5, 5.41) is 0. The largest absolute Gasteiger partial charge is 0.130 e. The Labute approximate surface area is 71.0 Å². The second-order valence-electron chi connectivity index (χ2n) is 3.71. The summed E-state index contributed by atoms with van der Waals surface area (Å²) in [4.78, 5) is 0. The lowest BCUT2D eigenvalue weighted by molar-refractivity contribution is 0.357. The Balaban J connectivity index is 3.77. The third-order valence-electron chi connectivity index (χ3n) is 2.05. The number of allylic oxidation sites excluding steroid dienone is 1. The summed E-state index contributed by atoms with van der Waals surface area (Å²) >= 11 is 0. The number of rotatable bonds is 4. The summed E-state index contributed by atoms with van der Waals surface area (Å²) in [5.74, 6) is 0. The predicted molar refractivity (Wildman–Crippen MR) is 51.6 cm³/mol. The van der Waals surface area contributed by atoms with Gasteiger partial charge < -0.3 is 0 Å². The molecule has 0 aromatic carbocycles. The summed E-state index contributed by atoms with van der Waals surface area (Å²) in [5.41, 5.74) is 3.63. The molecule has 0 unspecified atom stereocenters. The van der Waals surface area contributed by atoms with Crippen molar-refractivity contribution in [3.63, 3.8) is 0 Å². The molecule has 64 valence electrons. The molecule has 0 aromatic rings. The SMILES string of the molecule is CCC=C=CCC(C)(C)CC. The average Bonchev–Trinajstić information content (AvgIpc) is 1.99. The standard InChI is InChI=1S/C11H20/c1-5-7-8-9-10-11(3,4)6-2/h7,9H,5-6,10H2,1-4H3. The monoisotopic (exact) mass is 152 g/mol. The van der Waals surface area contributed by atoms with Crippen molar-refractivity contribution in [1.82, 2.24) is 0 Å². The fourth-order valence-corrected chi connectivity index (χ4v) is 0.681. The fourth-order valence-electron chi connectivity index (χ4n) is 0.681. The van der Waals surface area contributed by atoms with Crippen LogP contribution < -0.4 is 0 Å². The zero-order valence-corrected chi connectivity index (χ0v) is 8.28. The van der Waals surface area contributed by atoms with Gasteiger partial charge in [0.2, 0.25) is 0 Å². The molecule has 0 aromatic heterocycles. The van der Waals surface area contributed by atoms with Gasteiger partial charge in [0.15, 0.2) is 0 Å². The van der Waals surface area contributed by atoms with Gasteiger partial charge in [0.05, 0.1) is 0 Å². The van der Waals surface area contributed by atoms with Crippen molar-refractivity contribution in [2.24, 2.45) is 5.41 Å². The van der Waals surface area contributed by atoms with Gasteiger partial charge in [-0.1, -0.05) is 34.1 Å². The summed E-state index contributed by atoms with van der Waals surface area (Å²) in [6.45, 7) is 8.94. The van der Waals surface area contributed by atoms with Crippen LogP contribution in [0, 0.1) is 5.41 Å². The van der Waals surface area contributed by atoms with E-state index in [1.165, 1.54) is 6.42 Å². The number of hydrogen-bond donors (Lipinski definition) is 0. The molecule has 0 atom stereocenters. The van der Waals surface area contributed by atoms with Crippen LogP contribution in [0.15, 0.2) is 17.9 Å². The Morgan fingerprint density at radius 1 is 1.18 bits per heavy atom. The molecule has 0 nitrogen and oxygen atoms in total. The van der Waals surface area contributed by atoms with Crippen LogP contribution in [0.4, 0.5) is 0 Å². The van der Waals surface area contributed by atoms with E-state index in [-0.39, 0.29) is 0 Å². The molecule has 0 N–H and O–H groups in total. The molecule has 0 aliphatic rings. The highest BCUT2D eigenvalue weighted by Gasteiger charge is 2.11. The summed E-state index contributed by atoms with van der Waals surface area (Å²) in [6.07, 6.45) is 7.68. The summed E-state index contributed by atoms with van der Waals surface area (Å²) in [7, 11) is 0. The zero-order valence-electron chi connectivity index (χ0n) is 8.28. The summed E-state index contributed by atoms with van der Waals surface area (Å²) < 4.78 is 0. The van der Waals surface area contributed by atoms with Crippen LogP contribution in [0.3, 0.4) is 0 Å². The van der Waals surface area contributed by atoms with E-state index in [9.17, 15) is 0 Å². The summed E-state index contributed by atoms with van der Waals surface area (Å²) in [6, 6.07) is 0. The Morgan fingerprint density at radius 3 is 2.27 bits per heavy atom. The van der Waals surface area contributed by atoms with Crippen molar-refractivity contribution in [2.45, 2.75) is 47.0 Å². The van der Waals surface area contributed by atoms with Crippen LogP contribution in [0.2, 0.25) is 0 Å². The lowest BCUT2D eigenvalue weighted by atomic mass is 9.87. The molecule has 0 aliphatic carbocycles. The van der Waals surface area contributed by atoms with Gasteiger partial charge >= 0.3 is 0 Å². The van der Waals surface area contributed by atoms with Crippen LogP contribution in [0.25, 0.3) is 0 Å². The first-order valence-electron chi connectivity index (χ1n) is 4.52. The Hall–Kier alpha value is -0.480. The van der Waals surface area contributed by atoms with E-state index in [2.05, 4.69) is 45.6 Å². The van der Waals surface area contributed by atoms with E-state index >= 15 is 0 Å². The van der Waals surface area contributed by atoms with E-state index in [1.807, 2.05) is 0 Å². The van der Waals surface area contributed by atoms with Gasteiger partial charge in [-0.3, -0.25) is 0 Å². The average molecular weight is 152 g/mol. The van der Waals surface area contributed by atoms with Gasteiger partial charge in [0.1, 0.15) is 0 Å². The molecular formula is C11H20. The normalized spacial score (nSPS) is 10.5. The van der Waals surface area contributed by atoms with Gasteiger partial charge in [-0.05, 0) is 30.4 Å². The molecule has 0 saturated heterocycles. The van der Waals surface area contributed by atoms with E-state index in [0.717, 1.165) is 12.8 Å². The smallest absolute Gasteiger partial charge is 0.0223 e. The maximum absolute atomic E-state index is 3.18. The van der Waals surface area contributed by atoms with Crippen LogP contribution >= 0.6 is 0 Å². The second-order valence-corrected chi connectivity index (χ2v) is 3.71. The van der Waals surface area contributed by atoms with Crippen LogP contribution in [-0.4, -0.2) is 0 Å². The topological polar surface area (TPSA) is 0 Å². The highest BCUT2D eigenvalue weighted by Crippen LogP contribution is 2.24. The van der Waals surface area contributed by atoms with Crippen LogP contribution in [-0.2, 0) is 0 Å². The van der Waals surface area contributed by atoms with Gasteiger partial charge in [-0.15, -0.1) is 5.73 Å². The predicted octanol–water partition coefficient (Wildman–Crippen LogP) is 3.93. The van der Waals surface area contributed by atoms with E-state index < -0.39 is 0 Å². The maximum Gasteiger partial charge on any atom is -0.0223 e. The van der Waals surface area contributed by atoms with Crippen molar-refractivity contribution in [1.29, 1.82) is 0 Å². The zero-order chi connectivity index (χ0) is 8.74. The molecule has 0 heteroatoms. The Kier molecular flexibility index (Phi) is 4.98. The minimum Gasteiger partial charge on any atom is -0.130 e. The molecule has 0 heterocycles. The Morgan fingerprint density at radius 2 is 1.82 bits per heavy atom. The molecule has 0 bridgehead atoms. The maximum atomic E-state index is 3.18. The van der Waals surface area contributed by atoms with Crippen molar-refractivity contribution in [3.05, 3.63) is 17.9 Å². The Bertz CT molecular complexity index is 145. The molecule has 0 aliphatic heterocycles. The molecular weight excluding hydrogens is 132 g/mol. The molecule has 0 spiro atoms. The van der Waals surface area contributed by atoms with Gasteiger partial charge in [-0.25, -0.2) is 0 Å². The van der Waals surface area contributed by atoms with Crippen molar-refractivity contribution in [2.75, 3.05) is 0 Å². The molecule has 0 radical (unpaired) electrons.